The number of benzene rings is 2. The van der Waals surface area contributed by atoms with Crippen molar-refractivity contribution in [2.75, 3.05) is 22.1 Å². The van der Waals surface area contributed by atoms with Crippen LogP contribution in [0.5, 0.6) is 0 Å². The third-order valence-electron chi connectivity index (χ3n) is 3.98. The number of rotatable bonds is 5. The smallest absolute Gasteiger partial charge is 0.338 e. The van der Waals surface area contributed by atoms with Crippen LogP contribution in [-0.2, 0) is 16.1 Å². The standard InChI is InChI=1S/C19H15ClN6O3S/c20-11-2-4-12(5-3-11)22-19-25-15(24-18(21)26-19)8-29-17(28)10-1-6-14-13(7-10)23-16(27)9-30-14/h1-7H,8-9H2,(H,23,27)(H3,21,22,24,25,26). The molecule has 1 aliphatic heterocycles. The highest BCUT2D eigenvalue weighted by Gasteiger charge is 2.18. The molecule has 4 rings (SSSR count). The number of nitrogen functional groups attached to an aromatic ring is 1. The largest absolute Gasteiger partial charge is 0.454 e. The van der Waals surface area contributed by atoms with Gasteiger partial charge in [-0.05, 0) is 42.5 Å². The fourth-order valence-electron chi connectivity index (χ4n) is 2.64. The molecule has 0 aliphatic carbocycles. The lowest BCUT2D eigenvalue weighted by atomic mass is 10.2. The van der Waals surface area contributed by atoms with Crippen molar-refractivity contribution in [3.05, 3.63) is 58.9 Å². The lowest BCUT2D eigenvalue weighted by molar-refractivity contribution is -0.113. The van der Waals surface area contributed by atoms with Gasteiger partial charge < -0.3 is 21.1 Å². The highest BCUT2D eigenvalue weighted by atomic mass is 35.5. The number of carbonyl (C=O) groups excluding carboxylic acids is 2. The van der Waals surface area contributed by atoms with Gasteiger partial charge in [-0.25, -0.2) is 4.79 Å². The second kappa shape index (κ2) is 8.56. The highest BCUT2D eigenvalue weighted by molar-refractivity contribution is 8.00. The second-order valence-corrected chi connectivity index (χ2v) is 7.64. The Bertz CT molecular complexity index is 1130. The van der Waals surface area contributed by atoms with Gasteiger partial charge in [0.15, 0.2) is 12.4 Å². The predicted molar refractivity (Wildman–Crippen MR) is 114 cm³/mol. The Balaban J connectivity index is 1.44. The van der Waals surface area contributed by atoms with E-state index in [1.54, 1.807) is 42.5 Å². The Morgan fingerprint density at radius 2 is 2.00 bits per heavy atom. The van der Waals surface area contributed by atoms with Crippen LogP contribution >= 0.6 is 23.4 Å². The molecule has 11 heteroatoms. The molecule has 3 aromatic rings. The van der Waals surface area contributed by atoms with E-state index >= 15 is 0 Å². The maximum atomic E-state index is 12.4. The normalized spacial score (nSPS) is 12.6. The molecule has 0 saturated heterocycles. The van der Waals surface area contributed by atoms with Crippen LogP contribution in [-0.4, -0.2) is 32.6 Å². The lowest BCUT2D eigenvalue weighted by Gasteiger charge is -2.16. The number of carbonyl (C=O) groups is 2. The number of nitrogens with two attached hydrogens (primary N) is 1. The quantitative estimate of drug-likeness (QED) is 0.509. The topological polar surface area (TPSA) is 132 Å². The number of ether oxygens (including phenoxy) is 1. The van der Waals surface area contributed by atoms with Crippen LogP contribution < -0.4 is 16.4 Å². The zero-order chi connectivity index (χ0) is 21.1. The van der Waals surface area contributed by atoms with E-state index < -0.39 is 5.97 Å². The van der Waals surface area contributed by atoms with Crippen molar-refractivity contribution in [3.8, 4) is 0 Å². The first-order valence-electron chi connectivity index (χ1n) is 8.73. The van der Waals surface area contributed by atoms with Crippen molar-refractivity contribution in [2.45, 2.75) is 11.5 Å². The molecular formula is C19H15ClN6O3S. The summed E-state index contributed by atoms with van der Waals surface area (Å²) in [6.07, 6.45) is 0. The monoisotopic (exact) mass is 442 g/mol. The van der Waals surface area contributed by atoms with E-state index in [0.717, 1.165) is 4.90 Å². The SMILES string of the molecule is Nc1nc(COC(=O)c2ccc3c(c2)NC(=O)CS3)nc(Nc2ccc(Cl)cc2)n1. The van der Waals surface area contributed by atoms with E-state index in [0.29, 0.717) is 27.7 Å². The number of nitrogens with one attached hydrogen (secondary N) is 2. The van der Waals surface area contributed by atoms with Crippen LogP contribution in [0.15, 0.2) is 47.4 Å². The van der Waals surface area contributed by atoms with Gasteiger partial charge in [0.2, 0.25) is 17.8 Å². The van der Waals surface area contributed by atoms with Crippen LogP contribution in [0.25, 0.3) is 0 Å². The summed E-state index contributed by atoms with van der Waals surface area (Å²) in [7, 11) is 0. The van der Waals surface area contributed by atoms with Crippen molar-refractivity contribution < 1.29 is 14.3 Å². The Morgan fingerprint density at radius 3 is 2.80 bits per heavy atom. The highest BCUT2D eigenvalue weighted by Crippen LogP contribution is 2.32. The summed E-state index contributed by atoms with van der Waals surface area (Å²) >= 11 is 7.29. The maximum absolute atomic E-state index is 12.4. The molecule has 0 saturated carbocycles. The van der Waals surface area contributed by atoms with Crippen molar-refractivity contribution >= 4 is 58.5 Å². The van der Waals surface area contributed by atoms with Gasteiger partial charge in [-0.1, -0.05) is 11.6 Å². The van der Waals surface area contributed by atoms with Crippen molar-refractivity contribution in [1.82, 2.24) is 15.0 Å². The minimum Gasteiger partial charge on any atom is -0.454 e. The Hall–Kier alpha value is -3.37. The molecule has 30 heavy (non-hydrogen) atoms. The molecule has 0 fully saturated rings. The summed E-state index contributed by atoms with van der Waals surface area (Å²) in [5.74, 6) is 0.0528. The van der Waals surface area contributed by atoms with Gasteiger partial charge in [0.25, 0.3) is 0 Å². The number of hydrogen-bond acceptors (Lipinski definition) is 9. The second-order valence-electron chi connectivity index (χ2n) is 6.19. The molecule has 0 unspecified atom stereocenters. The first kappa shape index (κ1) is 19.9. The minimum atomic E-state index is -0.575. The van der Waals surface area contributed by atoms with E-state index in [1.807, 2.05) is 0 Å². The zero-order valence-electron chi connectivity index (χ0n) is 15.4. The number of amides is 1. The van der Waals surface area contributed by atoms with Crippen LogP contribution in [0.1, 0.15) is 16.2 Å². The number of fused-ring (bicyclic) bond motifs is 1. The first-order valence-corrected chi connectivity index (χ1v) is 10.1. The number of aromatic nitrogens is 3. The third kappa shape index (κ3) is 4.78. The number of thioether (sulfide) groups is 1. The van der Waals surface area contributed by atoms with Crippen LogP contribution in [0.4, 0.5) is 23.3 Å². The molecule has 2 aromatic carbocycles. The molecule has 0 atom stereocenters. The van der Waals surface area contributed by atoms with Gasteiger partial charge in [-0.3, -0.25) is 4.79 Å². The van der Waals surface area contributed by atoms with Gasteiger partial charge in [-0.2, -0.15) is 15.0 Å². The Labute approximate surface area is 180 Å². The number of hydrogen-bond donors (Lipinski definition) is 3. The summed E-state index contributed by atoms with van der Waals surface area (Å²) in [5.41, 5.74) is 7.34. The average molecular weight is 443 g/mol. The third-order valence-corrected chi connectivity index (χ3v) is 5.31. The van der Waals surface area contributed by atoms with Crippen LogP contribution in [0.2, 0.25) is 5.02 Å². The average Bonchev–Trinajstić information content (AvgIpc) is 2.73. The minimum absolute atomic E-state index is 0.0129. The van der Waals surface area contributed by atoms with Gasteiger partial charge in [0.05, 0.1) is 17.0 Å². The summed E-state index contributed by atoms with van der Waals surface area (Å²) in [5, 5.41) is 6.32. The molecule has 0 bridgehead atoms. The van der Waals surface area contributed by atoms with Gasteiger partial charge in [-0.15, -0.1) is 11.8 Å². The molecule has 1 aliphatic rings. The molecule has 1 aromatic heterocycles. The number of anilines is 4. The van der Waals surface area contributed by atoms with Crippen molar-refractivity contribution in [1.29, 1.82) is 0 Å². The number of esters is 1. The molecule has 9 nitrogen and oxygen atoms in total. The number of halogens is 1. The predicted octanol–water partition coefficient (Wildman–Crippen LogP) is 3.25. The van der Waals surface area contributed by atoms with Crippen molar-refractivity contribution in [2.24, 2.45) is 0 Å². The summed E-state index contributed by atoms with van der Waals surface area (Å²) in [6.45, 7) is -0.195. The molecule has 2 heterocycles. The van der Waals surface area contributed by atoms with Gasteiger partial charge >= 0.3 is 5.97 Å². The fourth-order valence-corrected chi connectivity index (χ4v) is 3.56. The van der Waals surface area contributed by atoms with Crippen LogP contribution in [0, 0.1) is 0 Å². The van der Waals surface area contributed by atoms with Gasteiger partial charge in [0, 0.05) is 15.6 Å². The van der Waals surface area contributed by atoms with E-state index in [9.17, 15) is 9.59 Å². The Kier molecular flexibility index (Phi) is 5.68. The van der Waals surface area contributed by atoms with E-state index in [1.165, 1.54) is 11.8 Å². The Morgan fingerprint density at radius 1 is 1.20 bits per heavy atom. The lowest BCUT2D eigenvalue weighted by Crippen LogP contribution is -2.19. The number of nitrogens with zero attached hydrogens (tertiary/aromatic N) is 3. The summed E-state index contributed by atoms with van der Waals surface area (Å²) < 4.78 is 5.30. The van der Waals surface area contributed by atoms with Gasteiger partial charge in [0.1, 0.15) is 0 Å². The molecule has 152 valence electrons. The first-order chi connectivity index (χ1) is 14.5. The molecule has 0 spiro atoms. The summed E-state index contributed by atoms with van der Waals surface area (Å²) in [4.78, 5) is 37.1. The van der Waals surface area contributed by atoms with E-state index in [2.05, 4.69) is 25.6 Å². The maximum Gasteiger partial charge on any atom is 0.338 e. The van der Waals surface area contributed by atoms with E-state index in [-0.39, 0.29) is 30.2 Å². The van der Waals surface area contributed by atoms with Crippen LogP contribution in [0.3, 0.4) is 0 Å². The molecule has 4 N–H and O–H groups in total. The van der Waals surface area contributed by atoms with E-state index in [4.69, 9.17) is 22.1 Å². The molecule has 1 amide bonds. The molecule has 0 radical (unpaired) electrons. The summed E-state index contributed by atoms with van der Waals surface area (Å²) in [6, 6.07) is 11.9. The zero-order valence-corrected chi connectivity index (χ0v) is 17.0. The molecular weight excluding hydrogens is 428 g/mol. The van der Waals surface area contributed by atoms with Crippen molar-refractivity contribution in [3.63, 3.8) is 0 Å². The fraction of sp³-hybridized carbons (Fsp3) is 0.105.